The SMILES string of the molecule is CCOC(=O)C1=C(CN2CC(F)C3C2CON3CCC(C)(C)C(=O)O)NC(c2nccs2)=NC1c1cccc(F)c1C. The first-order valence-electron chi connectivity index (χ1n) is 13.9. The quantitative estimate of drug-likeness (QED) is 0.393. The van der Waals surface area contributed by atoms with E-state index < -0.39 is 41.4 Å². The van der Waals surface area contributed by atoms with Crippen molar-refractivity contribution in [1.82, 2.24) is 20.3 Å². The molecule has 5 rings (SSSR count). The van der Waals surface area contributed by atoms with E-state index in [4.69, 9.17) is 14.6 Å². The number of hydrogen-bond acceptors (Lipinski definition) is 10. The van der Waals surface area contributed by atoms with Crippen molar-refractivity contribution in [1.29, 1.82) is 0 Å². The molecule has 0 saturated carbocycles. The predicted molar refractivity (Wildman–Crippen MR) is 152 cm³/mol. The summed E-state index contributed by atoms with van der Waals surface area (Å²) in [5, 5.41) is 16.7. The highest BCUT2D eigenvalue weighted by Gasteiger charge is 2.51. The third kappa shape index (κ3) is 5.83. The van der Waals surface area contributed by atoms with Crippen LogP contribution in [0.1, 0.15) is 49.4 Å². The highest BCUT2D eigenvalue weighted by atomic mass is 32.1. The Morgan fingerprint density at radius 2 is 2.12 bits per heavy atom. The van der Waals surface area contributed by atoms with Crippen LogP contribution < -0.4 is 5.32 Å². The molecule has 4 heterocycles. The van der Waals surface area contributed by atoms with E-state index >= 15 is 4.39 Å². The number of carbonyl (C=O) groups is 2. The number of nitrogens with zero attached hydrogens (tertiary/aromatic N) is 4. The van der Waals surface area contributed by atoms with Gasteiger partial charge in [-0.05, 0) is 51.3 Å². The maximum absolute atomic E-state index is 15.5. The Hall–Kier alpha value is -3.26. The standard InChI is InChI=1S/C29H35F2N5O5S/c1-5-40-27(37)22-20(14-35-13-19(31)24-21(35)15-41-36(24)11-9-29(3,4)28(38)39)33-25(26-32-10-12-42-26)34-23(22)17-7-6-8-18(30)16(17)2/h6-8,10,12,19,21,23-24H,5,9,11,13-15H2,1-4H3,(H,33,34)(H,38,39). The lowest BCUT2D eigenvalue weighted by molar-refractivity contribution is -0.158. The van der Waals surface area contributed by atoms with Crippen LogP contribution in [0.3, 0.4) is 0 Å². The van der Waals surface area contributed by atoms with Crippen molar-refractivity contribution < 1.29 is 33.1 Å². The van der Waals surface area contributed by atoms with Gasteiger partial charge in [-0.1, -0.05) is 12.1 Å². The van der Waals surface area contributed by atoms with E-state index in [-0.39, 0.29) is 44.5 Å². The molecule has 3 aliphatic heterocycles. The molecule has 2 saturated heterocycles. The number of benzene rings is 1. The minimum absolute atomic E-state index is 0.0895. The Balaban J connectivity index is 1.48. The Bertz CT molecular complexity index is 1400. The van der Waals surface area contributed by atoms with E-state index in [2.05, 4.69) is 10.3 Å². The number of thiazole rings is 1. The Morgan fingerprint density at radius 3 is 2.81 bits per heavy atom. The van der Waals surface area contributed by atoms with Crippen molar-refractivity contribution in [2.45, 2.75) is 58.4 Å². The lowest BCUT2D eigenvalue weighted by Gasteiger charge is -2.31. The van der Waals surface area contributed by atoms with Gasteiger partial charge in [0.25, 0.3) is 0 Å². The molecule has 13 heteroatoms. The normalized spacial score (nSPS) is 24.9. The van der Waals surface area contributed by atoms with Gasteiger partial charge in [0, 0.05) is 36.9 Å². The van der Waals surface area contributed by atoms with Crippen molar-refractivity contribution in [3.8, 4) is 0 Å². The largest absolute Gasteiger partial charge is 0.481 e. The smallest absolute Gasteiger partial charge is 0.338 e. The number of carboxylic acids is 1. The summed E-state index contributed by atoms with van der Waals surface area (Å²) < 4.78 is 35.7. The van der Waals surface area contributed by atoms with Gasteiger partial charge in [0.2, 0.25) is 0 Å². The van der Waals surface area contributed by atoms with Crippen LogP contribution >= 0.6 is 11.3 Å². The molecule has 4 atom stereocenters. The predicted octanol–water partition coefficient (Wildman–Crippen LogP) is 3.64. The first-order chi connectivity index (χ1) is 20.0. The van der Waals surface area contributed by atoms with Crippen LogP contribution in [-0.4, -0.2) is 88.9 Å². The van der Waals surface area contributed by atoms with Gasteiger partial charge in [-0.3, -0.25) is 19.5 Å². The number of rotatable bonds is 10. The van der Waals surface area contributed by atoms with Gasteiger partial charge in [0.15, 0.2) is 10.8 Å². The number of nitrogens with one attached hydrogen (secondary N) is 1. The molecule has 3 aliphatic rings. The fourth-order valence-electron chi connectivity index (χ4n) is 5.62. The third-order valence-corrected chi connectivity index (χ3v) is 8.92. The van der Waals surface area contributed by atoms with Gasteiger partial charge in [0.1, 0.15) is 18.0 Å². The minimum Gasteiger partial charge on any atom is -0.481 e. The second-order valence-corrected chi connectivity index (χ2v) is 12.2. The van der Waals surface area contributed by atoms with Crippen molar-refractivity contribution in [3.05, 3.63) is 63.0 Å². The number of aliphatic carboxylic acids is 1. The molecule has 226 valence electrons. The number of amidine groups is 1. The Labute approximate surface area is 247 Å². The van der Waals surface area contributed by atoms with Crippen LogP contribution in [0.25, 0.3) is 0 Å². The van der Waals surface area contributed by atoms with E-state index in [1.807, 2.05) is 4.90 Å². The van der Waals surface area contributed by atoms with Gasteiger partial charge in [-0.2, -0.15) is 5.06 Å². The summed E-state index contributed by atoms with van der Waals surface area (Å²) in [6.45, 7) is 7.48. The molecule has 0 bridgehead atoms. The first kappa shape index (κ1) is 30.2. The van der Waals surface area contributed by atoms with Crippen LogP contribution in [0, 0.1) is 18.2 Å². The maximum atomic E-state index is 15.5. The number of aromatic nitrogens is 1. The molecule has 42 heavy (non-hydrogen) atoms. The van der Waals surface area contributed by atoms with Crippen LogP contribution in [0.5, 0.6) is 0 Å². The second-order valence-electron chi connectivity index (χ2n) is 11.3. The fraction of sp³-hybridized carbons (Fsp3) is 0.517. The monoisotopic (exact) mass is 603 g/mol. The topological polar surface area (TPSA) is 117 Å². The van der Waals surface area contributed by atoms with Crippen LogP contribution in [0.2, 0.25) is 0 Å². The average molecular weight is 604 g/mol. The third-order valence-electron chi connectivity index (χ3n) is 8.14. The first-order valence-corrected chi connectivity index (χ1v) is 14.8. The molecule has 10 nitrogen and oxygen atoms in total. The molecule has 1 aromatic heterocycles. The second kappa shape index (κ2) is 12.2. The summed E-state index contributed by atoms with van der Waals surface area (Å²) in [5.74, 6) is -1.51. The van der Waals surface area contributed by atoms with Crippen molar-refractivity contribution in [3.63, 3.8) is 0 Å². The summed E-state index contributed by atoms with van der Waals surface area (Å²) in [5.41, 5.74) is 0.600. The summed E-state index contributed by atoms with van der Waals surface area (Å²) in [4.78, 5) is 42.0. The van der Waals surface area contributed by atoms with Gasteiger partial charge in [-0.25, -0.2) is 18.6 Å². The van der Waals surface area contributed by atoms with Gasteiger partial charge >= 0.3 is 11.9 Å². The lowest BCUT2D eigenvalue weighted by atomic mass is 9.89. The number of aliphatic imine (C=N–C) groups is 1. The summed E-state index contributed by atoms with van der Waals surface area (Å²) in [7, 11) is 0. The molecule has 0 aliphatic carbocycles. The van der Waals surface area contributed by atoms with Crippen molar-refractivity contribution in [2.75, 3.05) is 32.8 Å². The number of carboxylic acid groups (broad SMARTS) is 1. The summed E-state index contributed by atoms with van der Waals surface area (Å²) in [6, 6.07) is 2.88. The number of halogens is 2. The van der Waals surface area contributed by atoms with E-state index in [1.165, 1.54) is 17.4 Å². The number of alkyl halides is 1. The molecule has 0 radical (unpaired) electrons. The van der Waals surface area contributed by atoms with Crippen molar-refractivity contribution in [2.24, 2.45) is 10.4 Å². The molecule has 0 spiro atoms. The van der Waals surface area contributed by atoms with E-state index in [1.54, 1.807) is 56.5 Å². The summed E-state index contributed by atoms with van der Waals surface area (Å²) >= 11 is 1.36. The Kier molecular flexibility index (Phi) is 8.74. The van der Waals surface area contributed by atoms with Crippen LogP contribution in [0.15, 0.2) is 46.0 Å². The molecule has 0 amide bonds. The van der Waals surface area contributed by atoms with Crippen molar-refractivity contribution >= 4 is 29.1 Å². The molecule has 1 aromatic carbocycles. The molecular formula is C29H35F2N5O5S. The maximum Gasteiger partial charge on any atom is 0.338 e. The Morgan fingerprint density at radius 1 is 1.33 bits per heavy atom. The summed E-state index contributed by atoms with van der Waals surface area (Å²) in [6.07, 6.45) is 0.681. The van der Waals surface area contributed by atoms with Crippen LogP contribution in [0.4, 0.5) is 8.78 Å². The zero-order chi connectivity index (χ0) is 30.2. The highest BCUT2D eigenvalue weighted by Crippen LogP contribution is 2.38. The number of ether oxygens (including phenoxy) is 1. The zero-order valence-corrected chi connectivity index (χ0v) is 24.8. The van der Waals surface area contributed by atoms with Gasteiger partial charge in [-0.15, -0.1) is 11.3 Å². The number of esters is 1. The zero-order valence-electron chi connectivity index (χ0n) is 24.0. The number of carbonyl (C=O) groups excluding carboxylic acids is 1. The average Bonchev–Trinajstić information content (AvgIpc) is 3.69. The fourth-order valence-corrected chi connectivity index (χ4v) is 6.21. The molecule has 2 fully saturated rings. The molecule has 4 unspecified atom stereocenters. The van der Waals surface area contributed by atoms with E-state index in [9.17, 15) is 19.1 Å². The molecule has 2 N–H and O–H groups in total. The molecule has 2 aromatic rings. The number of hydroxylamine groups is 2. The molecular weight excluding hydrogens is 568 g/mol. The highest BCUT2D eigenvalue weighted by molar-refractivity contribution is 7.11. The van der Waals surface area contributed by atoms with Crippen LogP contribution in [-0.2, 0) is 19.2 Å². The van der Waals surface area contributed by atoms with Gasteiger partial charge < -0.3 is 15.2 Å². The minimum atomic E-state index is -1.26. The van der Waals surface area contributed by atoms with E-state index in [0.29, 0.717) is 34.1 Å². The number of fused-ring (bicyclic) bond motifs is 1. The van der Waals surface area contributed by atoms with E-state index in [0.717, 1.165) is 0 Å². The number of likely N-dealkylation sites (tertiary alicyclic amines) is 1. The lowest BCUT2D eigenvalue weighted by Crippen LogP contribution is -2.44. The van der Waals surface area contributed by atoms with Gasteiger partial charge in [0.05, 0.1) is 36.3 Å². The number of hydrogen-bond donors (Lipinski definition) is 2.